The molecule has 1 fully saturated rings. The maximum atomic E-state index is 12.4. The number of nitrogens with one attached hydrogen (secondary N) is 2. The van der Waals surface area contributed by atoms with E-state index in [1.807, 2.05) is 26.2 Å². The maximum Gasteiger partial charge on any atom is 0.223 e. The molecule has 4 nitrogen and oxygen atoms in total. The first-order chi connectivity index (χ1) is 8.88. The molecule has 0 bridgehead atoms. The van der Waals surface area contributed by atoms with Crippen LogP contribution in [0.5, 0.6) is 0 Å². The topological polar surface area (TPSA) is 54.0 Å². The molecule has 1 aliphatic heterocycles. The summed E-state index contributed by atoms with van der Waals surface area (Å²) in [6.07, 6.45) is 1.84. The van der Waals surface area contributed by atoms with Crippen molar-refractivity contribution in [2.45, 2.75) is 52.1 Å². The Kier molecular flexibility index (Phi) is 8.18. The predicted octanol–water partition coefficient (Wildman–Crippen LogP) is 3.03. The Morgan fingerprint density at radius 1 is 1.48 bits per heavy atom. The van der Waals surface area contributed by atoms with E-state index in [-0.39, 0.29) is 42.2 Å². The molecule has 1 amide bonds. The van der Waals surface area contributed by atoms with E-state index in [1.54, 1.807) is 11.3 Å². The summed E-state index contributed by atoms with van der Waals surface area (Å²) in [6.45, 7) is 9.08. The van der Waals surface area contributed by atoms with Crippen molar-refractivity contribution in [3.63, 3.8) is 0 Å². The number of hydrogen-bond donors (Lipinski definition) is 2. The Hall–Kier alpha value is -0.360. The molecule has 21 heavy (non-hydrogen) atoms. The Labute approximate surface area is 143 Å². The third-order valence-corrected chi connectivity index (χ3v) is 4.87. The zero-order valence-corrected chi connectivity index (χ0v) is 15.4. The van der Waals surface area contributed by atoms with Gasteiger partial charge in [-0.25, -0.2) is 4.98 Å². The minimum Gasteiger partial charge on any atom is -0.344 e. The smallest absolute Gasteiger partial charge is 0.223 e. The van der Waals surface area contributed by atoms with Gasteiger partial charge in [-0.15, -0.1) is 36.2 Å². The fourth-order valence-corrected chi connectivity index (χ4v) is 3.35. The molecule has 122 valence electrons. The molecule has 0 unspecified atom stereocenters. The number of nitrogens with zero attached hydrogens (tertiary/aromatic N) is 1. The zero-order valence-electron chi connectivity index (χ0n) is 12.9. The quantitative estimate of drug-likeness (QED) is 0.877. The predicted molar refractivity (Wildman–Crippen MR) is 92.7 cm³/mol. The van der Waals surface area contributed by atoms with E-state index in [4.69, 9.17) is 0 Å². The molecule has 2 rings (SSSR count). The average Bonchev–Trinajstić information content (AvgIpc) is 2.76. The van der Waals surface area contributed by atoms with Crippen molar-refractivity contribution >= 4 is 42.1 Å². The minimum atomic E-state index is -0.385. The molecule has 2 N–H and O–H groups in total. The van der Waals surface area contributed by atoms with Crippen LogP contribution in [0.15, 0.2) is 5.38 Å². The first-order valence-electron chi connectivity index (χ1n) is 6.86. The summed E-state index contributed by atoms with van der Waals surface area (Å²) in [5.41, 5.74) is 0.627. The van der Waals surface area contributed by atoms with Crippen LogP contribution in [0, 0.1) is 12.8 Å². The van der Waals surface area contributed by atoms with Crippen molar-refractivity contribution in [1.82, 2.24) is 15.6 Å². The summed E-state index contributed by atoms with van der Waals surface area (Å²) in [5, 5.41) is 9.53. The van der Waals surface area contributed by atoms with Crippen molar-refractivity contribution in [2.24, 2.45) is 5.92 Å². The number of thiazole rings is 1. The third-order valence-electron chi connectivity index (χ3n) is 3.58. The summed E-state index contributed by atoms with van der Waals surface area (Å²) in [7, 11) is 0. The maximum absolute atomic E-state index is 12.4. The number of rotatable bonds is 3. The fourth-order valence-electron chi connectivity index (χ4n) is 2.47. The van der Waals surface area contributed by atoms with Gasteiger partial charge in [-0.3, -0.25) is 4.79 Å². The third kappa shape index (κ3) is 5.40. The van der Waals surface area contributed by atoms with Crippen molar-refractivity contribution in [3.8, 4) is 0 Å². The van der Waals surface area contributed by atoms with Gasteiger partial charge in [0.25, 0.3) is 0 Å². The number of piperidine rings is 1. The van der Waals surface area contributed by atoms with Crippen LogP contribution in [0.4, 0.5) is 0 Å². The molecule has 2 heterocycles. The molecular formula is C14H25Cl2N3OS. The number of carbonyl (C=O) groups excluding carboxylic acids is 1. The number of aromatic nitrogens is 1. The Morgan fingerprint density at radius 2 is 2.14 bits per heavy atom. The van der Waals surface area contributed by atoms with Crippen LogP contribution in [0.2, 0.25) is 0 Å². The van der Waals surface area contributed by atoms with Gasteiger partial charge in [0.05, 0.1) is 5.54 Å². The lowest BCUT2D eigenvalue weighted by atomic mass is 9.91. The second-order valence-corrected chi connectivity index (χ2v) is 6.84. The first kappa shape index (κ1) is 20.6. The SMILES string of the molecule is Cc1csc(C(C)(C)NC(=O)[C@H]2CCN[C@@H](C)C2)n1.Cl.Cl. The number of aryl methyl sites for hydroxylation is 1. The lowest BCUT2D eigenvalue weighted by molar-refractivity contribution is -0.127. The van der Waals surface area contributed by atoms with E-state index in [2.05, 4.69) is 22.5 Å². The highest BCUT2D eigenvalue weighted by molar-refractivity contribution is 7.09. The molecule has 1 aromatic heterocycles. The molecule has 1 saturated heterocycles. The molecular weight excluding hydrogens is 329 g/mol. The fraction of sp³-hybridized carbons (Fsp3) is 0.714. The van der Waals surface area contributed by atoms with Crippen LogP contribution in [-0.2, 0) is 10.3 Å². The molecule has 1 aromatic rings. The van der Waals surface area contributed by atoms with Gasteiger partial charge < -0.3 is 10.6 Å². The molecule has 2 atom stereocenters. The van der Waals surface area contributed by atoms with E-state index >= 15 is 0 Å². The molecule has 1 aliphatic rings. The van der Waals surface area contributed by atoms with Crippen LogP contribution in [0.25, 0.3) is 0 Å². The van der Waals surface area contributed by atoms with E-state index < -0.39 is 0 Å². The zero-order chi connectivity index (χ0) is 14.0. The van der Waals surface area contributed by atoms with Gasteiger partial charge in [0.1, 0.15) is 5.01 Å². The van der Waals surface area contributed by atoms with Gasteiger partial charge >= 0.3 is 0 Å². The second-order valence-electron chi connectivity index (χ2n) is 5.98. The highest BCUT2D eigenvalue weighted by Gasteiger charge is 2.31. The Morgan fingerprint density at radius 3 is 2.67 bits per heavy atom. The molecule has 0 aromatic carbocycles. The lowest BCUT2D eigenvalue weighted by Crippen LogP contribution is -2.48. The van der Waals surface area contributed by atoms with E-state index in [1.165, 1.54) is 0 Å². The highest BCUT2D eigenvalue weighted by Crippen LogP contribution is 2.25. The van der Waals surface area contributed by atoms with E-state index in [0.717, 1.165) is 30.1 Å². The minimum absolute atomic E-state index is 0. The normalized spacial score (nSPS) is 21.9. The number of hydrogen-bond acceptors (Lipinski definition) is 4. The van der Waals surface area contributed by atoms with Crippen molar-refractivity contribution in [1.29, 1.82) is 0 Å². The average molecular weight is 354 g/mol. The summed E-state index contributed by atoms with van der Waals surface area (Å²) in [6, 6.07) is 0.426. The van der Waals surface area contributed by atoms with Crippen LogP contribution >= 0.6 is 36.2 Å². The Bertz CT molecular complexity index is 465. The summed E-state index contributed by atoms with van der Waals surface area (Å²) >= 11 is 1.61. The van der Waals surface area contributed by atoms with Crippen molar-refractivity contribution in [2.75, 3.05) is 6.54 Å². The van der Waals surface area contributed by atoms with E-state index in [0.29, 0.717) is 6.04 Å². The van der Waals surface area contributed by atoms with Crippen LogP contribution in [0.1, 0.15) is 44.3 Å². The first-order valence-corrected chi connectivity index (χ1v) is 7.74. The van der Waals surface area contributed by atoms with Gasteiger partial charge in [-0.1, -0.05) is 0 Å². The summed E-state index contributed by atoms with van der Waals surface area (Å²) < 4.78 is 0. The summed E-state index contributed by atoms with van der Waals surface area (Å²) in [4.78, 5) is 16.9. The second kappa shape index (κ2) is 8.32. The van der Waals surface area contributed by atoms with Gasteiger partial charge in [-0.2, -0.15) is 0 Å². The number of carbonyl (C=O) groups is 1. The molecule has 7 heteroatoms. The van der Waals surface area contributed by atoms with Gasteiger partial charge in [0.15, 0.2) is 0 Å². The van der Waals surface area contributed by atoms with Crippen molar-refractivity contribution < 1.29 is 4.79 Å². The van der Waals surface area contributed by atoms with Crippen LogP contribution in [0.3, 0.4) is 0 Å². The molecule has 0 saturated carbocycles. The Balaban J connectivity index is 0.00000200. The molecule has 0 spiro atoms. The summed E-state index contributed by atoms with van der Waals surface area (Å²) in [5.74, 6) is 0.280. The highest BCUT2D eigenvalue weighted by atomic mass is 35.5. The lowest BCUT2D eigenvalue weighted by Gasteiger charge is -2.31. The van der Waals surface area contributed by atoms with E-state index in [9.17, 15) is 4.79 Å². The van der Waals surface area contributed by atoms with Crippen molar-refractivity contribution in [3.05, 3.63) is 16.1 Å². The van der Waals surface area contributed by atoms with Crippen LogP contribution < -0.4 is 10.6 Å². The van der Waals surface area contributed by atoms with Gasteiger partial charge in [0.2, 0.25) is 5.91 Å². The monoisotopic (exact) mass is 353 g/mol. The van der Waals surface area contributed by atoms with Crippen LogP contribution in [-0.4, -0.2) is 23.5 Å². The largest absolute Gasteiger partial charge is 0.344 e. The number of amides is 1. The van der Waals surface area contributed by atoms with Gasteiger partial charge in [-0.05, 0) is 47.1 Å². The number of halogens is 2. The molecule has 0 radical (unpaired) electrons. The standard InChI is InChI=1S/C14H23N3OS.2ClH/c1-9-7-11(5-6-15-9)12(18)17-14(3,4)13-16-10(2)8-19-13;;/h8-9,11,15H,5-7H2,1-4H3,(H,17,18);2*1H/t9-,11-;;/m0../s1. The van der Waals surface area contributed by atoms with Gasteiger partial charge in [0, 0.05) is 23.0 Å². The molecule has 0 aliphatic carbocycles.